The van der Waals surface area contributed by atoms with E-state index in [4.69, 9.17) is 0 Å². The Balaban J connectivity index is 0.00000304. The predicted octanol–water partition coefficient (Wildman–Crippen LogP) is 4.51. The molecule has 3 aliphatic heterocycles. The van der Waals surface area contributed by atoms with Gasteiger partial charge in [0.25, 0.3) is 5.91 Å². The van der Waals surface area contributed by atoms with Crippen LogP contribution < -0.4 is 5.32 Å². The SMILES string of the molecule is CC(C)N1C(=O)N(C)C(=O)C12CC1CCC(C2)N1CC[C@H](NC(=O)C1CCCC1)c1ccccc1.Cl. The highest BCUT2D eigenvalue weighted by atomic mass is 35.5. The van der Waals surface area contributed by atoms with E-state index in [1.165, 1.54) is 4.90 Å². The summed E-state index contributed by atoms with van der Waals surface area (Å²) in [6, 6.07) is 10.7. The minimum Gasteiger partial charge on any atom is -0.349 e. The average Bonchev–Trinajstić information content (AvgIpc) is 3.51. The topological polar surface area (TPSA) is 73.0 Å². The van der Waals surface area contributed by atoms with Crippen LogP contribution in [-0.2, 0) is 9.59 Å². The number of amides is 4. The summed E-state index contributed by atoms with van der Waals surface area (Å²) in [5.41, 5.74) is 0.460. The van der Waals surface area contributed by atoms with Gasteiger partial charge >= 0.3 is 6.03 Å². The van der Waals surface area contributed by atoms with Gasteiger partial charge in [0.2, 0.25) is 5.91 Å². The van der Waals surface area contributed by atoms with E-state index < -0.39 is 5.54 Å². The highest BCUT2D eigenvalue weighted by Gasteiger charge is 2.62. The Bertz CT molecular complexity index is 951. The van der Waals surface area contributed by atoms with E-state index in [2.05, 4.69) is 22.3 Å². The molecule has 2 unspecified atom stereocenters. The number of nitrogens with zero attached hydrogens (tertiary/aromatic N) is 3. The van der Waals surface area contributed by atoms with Gasteiger partial charge in [-0.25, -0.2) is 4.79 Å². The Morgan fingerprint density at radius 1 is 1.03 bits per heavy atom. The zero-order valence-corrected chi connectivity index (χ0v) is 22.6. The fraction of sp³-hybridized carbons (Fsp3) is 0.679. The van der Waals surface area contributed by atoms with E-state index in [-0.39, 0.29) is 48.3 Å². The molecule has 3 heterocycles. The van der Waals surface area contributed by atoms with Crippen molar-refractivity contribution < 1.29 is 14.4 Å². The number of piperidine rings is 1. The molecule has 3 saturated heterocycles. The minimum atomic E-state index is -0.697. The van der Waals surface area contributed by atoms with Crippen LogP contribution in [0.4, 0.5) is 4.79 Å². The van der Waals surface area contributed by atoms with Gasteiger partial charge in [-0.15, -0.1) is 12.4 Å². The van der Waals surface area contributed by atoms with Crippen LogP contribution in [0.1, 0.15) is 83.2 Å². The summed E-state index contributed by atoms with van der Waals surface area (Å²) >= 11 is 0. The third-order valence-electron chi connectivity index (χ3n) is 9.01. The molecule has 0 aromatic heterocycles. The number of carbonyl (C=O) groups excluding carboxylic acids is 3. The molecule has 3 atom stereocenters. The molecule has 36 heavy (non-hydrogen) atoms. The van der Waals surface area contributed by atoms with Crippen molar-refractivity contribution in [1.82, 2.24) is 20.0 Å². The lowest BCUT2D eigenvalue weighted by Crippen LogP contribution is -2.61. The van der Waals surface area contributed by atoms with Crippen LogP contribution >= 0.6 is 12.4 Å². The van der Waals surface area contributed by atoms with E-state index >= 15 is 0 Å². The van der Waals surface area contributed by atoms with Crippen molar-refractivity contribution in [3.8, 4) is 0 Å². The first-order chi connectivity index (χ1) is 16.8. The van der Waals surface area contributed by atoms with Crippen molar-refractivity contribution in [3.63, 3.8) is 0 Å². The van der Waals surface area contributed by atoms with E-state index in [1.54, 1.807) is 7.05 Å². The maximum absolute atomic E-state index is 13.3. The van der Waals surface area contributed by atoms with Crippen LogP contribution in [0.3, 0.4) is 0 Å². The summed E-state index contributed by atoms with van der Waals surface area (Å²) in [5, 5.41) is 3.37. The normalized spacial score (nSPS) is 29.3. The third-order valence-corrected chi connectivity index (χ3v) is 9.01. The molecule has 4 fully saturated rings. The van der Waals surface area contributed by atoms with Gasteiger partial charge in [-0.3, -0.25) is 19.4 Å². The molecule has 1 N–H and O–H groups in total. The molecule has 4 aliphatic rings. The van der Waals surface area contributed by atoms with Crippen molar-refractivity contribution in [3.05, 3.63) is 35.9 Å². The predicted molar refractivity (Wildman–Crippen MR) is 142 cm³/mol. The number of benzene rings is 1. The van der Waals surface area contributed by atoms with Gasteiger partial charge in [0.15, 0.2) is 0 Å². The molecule has 1 aliphatic carbocycles. The largest absolute Gasteiger partial charge is 0.349 e. The number of halogens is 1. The molecular formula is C28H41ClN4O3. The van der Waals surface area contributed by atoms with Crippen molar-refractivity contribution in [2.75, 3.05) is 13.6 Å². The molecule has 8 heteroatoms. The van der Waals surface area contributed by atoms with E-state index in [9.17, 15) is 14.4 Å². The van der Waals surface area contributed by atoms with Gasteiger partial charge in [0.1, 0.15) is 5.54 Å². The number of fused-ring (bicyclic) bond motifs is 2. The van der Waals surface area contributed by atoms with Crippen LogP contribution in [0.25, 0.3) is 0 Å². The van der Waals surface area contributed by atoms with Crippen LogP contribution in [0.2, 0.25) is 0 Å². The summed E-state index contributed by atoms with van der Waals surface area (Å²) in [4.78, 5) is 45.0. The molecule has 5 rings (SSSR count). The lowest BCUT2D eigenvalue weighted by molar-refractivity contribution is -0.137. The molecule has 1 spiro atoms. The summed E-state index contributed by atoms with van der Waals surface area (Å²) in [7, 11) is 1.63. The Morgan fingerprint density at radius 3 is 2.22 bits per heavy atom. The standard InChI is InChI=1S/C28H40N4O3.ClH/c1-19(2)32-27(35)30(3)26(34)28(32)17-22-13-14-23(18-28)31(22)16-15-24(20-9-5-4-6-10-20)29-25(33)21-11-7-8-12-21;/h4-6,9-10,19,21-24H,7-8,11-18H2,1-3H3,(H,29,33);1H/t22?,23?,24-,28?;/m0./s1. The van der Waals surface area contributed by atoms with Crippen LogP contribution in [0.15, 0.2) is 30.3 Å². The van der Waals surface area contributed by atoms with Gasteiger partial charge < -0.3 is 10.2 Å². The molecule has 2 bridgehead atoms. The third kappa shape index (κ3) is 4.65. The highest BCUT2D eigenvalue weighted by Crippen LogP contribution is 2.48. The first-order valence-electron chi connectivity index (χ1n) is 13.5. The number of hydrogen-bond donors (Lipinski definition) is 1. The zero-order chi connectivity index (χ0) is 24.7. The van der Waals surface area contributed by atoms with Crippen molar-refractivity contribution >= 4 is 30.3 Å². The summed E-state index contributed by atoms with van der Waals surface area (Å²) in [5.74, 6) is 0.318. The van der Waals surface area contributed by atoms with Gasteiger partial charge in [0.05, 0.1) is 6.04 Å². The molecule has 0 radical (unpaired) electrons. The van der Waals surface area contributed by atoms with E-state index in [0.29, 0.717) is 24.9 Å². The lowest BCUT2D eigenvalue weighted by atomic mass is 9.80. The quantitative estimate of drug-likeness (QED) is 0.541. The number of urea groups is 1. The highest BCUT2D eigenvalue weighted by molar-refractivity contribution is 6.07. The number of nitrogens with one attached hydrogen (secondary N) is 1. The molecule has 1 saturated carbocycles. The zero-order valence-electron chi connectivity index (χ0n) is 21.8. The summed E-state index contributed by atoms with van der Waals surface area (Å²) < 4.78 is 0. The monoisotopic (exact) mass is 516 g/mol. The van der Waals surface area contributed by atoms with Crippen LogP contribution in [0.5, 0.6) is 0 Å². The second-order valence-electron chi connectivity index (χ2n) is 11.4. The Labute approximate surface area is 221 Å². The Hall–Kier alpha value is -2.12. The number of likely N-dealkylation sites (N-methyl/N-ethyl adjacent to an activating group) is 1. The van der Waals surface area contributed by atoms with Crippen LogP contribution in [0, 0.1) is 5.92 Å². The van der Waals surface area contributed by atoms with Crippen molar-refractivity contribution in [2.45, 2.75) is 101 Å². The lowest BCUT2D eigenvalue weighted by Gasteiger charge is -2.48. The maximum atomic E-state index is 13.3. The van der Waals surface area contributed by atoms with Gasteiger partial charge in [-0.05, 0) is 64.4 Å². The van der Waals surface area contributed by atoms with Crippen molar-refractivity contribution in [2.24, 2.45) is 5.92 Å². The second-order valence-corrected chi connectivity index (χ2v) is 11.4. The fourth-order valence-electron chi connectivity index (χ4n) is 7.38. The first-order valence-corrected chi connectivity index (χ1v) is 13.5. The number of hydrogen-bond acceptors (Lipinski definition) is 4. The molecule has 7 nitrogen and oxygen atoms in total. The molecule has 1 aromatic rings. The summed E-state index contributed by atoms with van der Waals surface area (Å²) in [6.07, 6.45) is 8.69. The number of rotatable bonds is 7. The second kappa shape index (κ2) is 10.7. The summed E-state index contributed by atoms with van der Waals surface area (Å²) in [6.45, 7) is 4.91. The van der Waals surface area contributed by atoms with Gasteiger partial charge in [-0.1, -0.05) is 43.2 Å². The van der Waals surface area contributed by atoms with E-state index in [1.807, 2.05) is 36.9 Å². The first kappa shape index (κ1) is 26.9. The molecule has 198 valence electrons. The van der Waals surface area contributed by atoms with Crippen molar-refractivity contribution in [1.29, 1.82) is 0 Å². The van der Waals surface area contributed by atoms with Gasteiger partial charge in [-0.2, -0.15) is 0 Å². The average molecular weight is 517 g/mol. The van der Waals surface area contributed by atoms with Gasteiger partial charge in [0, 0.05) is 37.6 Å². The minimum absolute atomic E-state index is 0. The molecular weight excluding hydrogens is 476 g/mol. The number of carbonyl (C=O) groups is 3. The number of imide groups is 1. The smallest absolute Gasteiger partial charge is 0.327 e. The fourth-order valence-corrected chi connectivity index (χ4v) is 7.38. The van der Waals surface area contributed by atoms with E-state index in [0.717, 1.165) is 57.1 Å². The van der Waals surface area contributed by atoms with Crippen LogP contribution in [-0.4, -0.2) is 69.8 Å². The molecule has 4 amide bonds. The maximum Gasteiger partial charge on any atom is 0.327 e. The Morgan fingerprint density at radius 2 is 1.64 bits per heavy atom. The Kier molecular flexibility index (Phi) is 8.01. The molecule has 1 aromatic carbocycles.